The van der Waals surface area contributed by atoms with Crippen molar-refractivity contribution in [1.29, 1.82) is 0 Å². The molecule has 3 heterocycles. The van der Waals surface area contributed by atoms with E-state index in [0.29, 0.717) is 22.9 Å². The summed E-state index contributed by atoms with van der Waals surface area (Å²) in [5.41, 5.74) is 0.696. The molecule has 1 atom stereocenters. The maximum absolute atomic E-state index is 13.2. The third kappa shape index (κ3) is 4.89. The first kappa shape index (κ1) is 24.0. The van der Waals surface area contributed by atoms with Crippen LogP contribution in [0, 0.1) is 5.82 Å². The Hall–Kier alpha value is -4.14. The van der Waals surface area contributed by atoms with E-state index in [0.717, 1.165) is 12.4 Å². The predicted molar refractivity (Wildman–Crippen MR) is 122 cm³/mol. The molecule has 1 aromatic carbocycles. The van der Waals surface area contributed by atoms with Crippen LogP contribution in [0.5, 0.6) is 11.5 Å². The molecular weight excluding hydrogens is 481 g/mol. The number of aryl methyl sites for hydroxylation is 1. The zero-order valence-corrected chi connectivity index (χ0v) is 20.1. The number of benzene rings is 1. The van der Waals surface area contributed by atoms with Crippen LogP contribution in [0.15, 0.2) is 36.8 Å². The van der Waals surface area contributed by atoms with Gasteiger partial charge in [-0.3, -0.25) is 14.0 Å². The predicted octanol–water partition coefficient (Wildman–Crippen LogP) is 1.38. The smallest absolute Gasteiger partial charge is 0.243 e. The molecule has 0 amide bonds. The van der Waals surface area contributed by atoms with Gasteiger partial charge in [0.1, 0.15) is 23.0 Å². The molecule has 184 valence electrons. The number of sulfonamides is 1. The van der Waals surface area contributed by atoms with E-state index in [1.165, 1.54) is 30.4 Å². The average Bonchev–Trinajstić information content (AvgIpc) is 3.45. The van der Waals surface area contributed by atoms with Crippen LogP contribution < -0.4 is 14.2 Å². The molecule has 1 N–H and O–H groups in total. The van der Waals surface area contributed by atoms with E-state index in [4.69, 9.17) is 9.47 Å². The van der Waals surface area contributed by atoms with E-state index in [2.05, 4.69) is 35.2 Å². The lowest BCUT2D eigenvalue weighted by molar-refractivity contribution is 0.391. The summed E-state index contributed by atoms with van der Waals surface area (Å²) in [7, 11) is 0.602. The first-order valence-electron chi connectivity index (χ1n) is 10.2. The van der Waals surface area contributed by atoms with Crippen LogP contribution in [0.2, 0.25) is 0 Å². The third-order valence-electron chi connectivity index (χ3n) is 5.03. The normalized spacial score (nSPS) is 12.4. The third-order valence-corrected chi connectivity index (χ3v) is 6.72. The summed E-state index contributed by atoms with van der Waals surface area (Å²) in [5, 5.41) is 15.2. The van der Waals surface area contributed by atoms with Crippen LogP contribution in [-0.2, 0) is 23.5 Å². The summed E-state index contributed by atoms with van der Waals surface area (Å²) < 4.78 is 55.9. The Labute approximate surface area is 200 Å². The van der Waals surface area contributed by atoms with Gasteiger partial charge in [0.15, 0.2) is 17.3 Å². The highest BCUT2D eigenvalue weighted by Crippen LogP contribution is 2.37. The molecule has 0 spiro atoms. The van der Waals surface area contributed by atoms with Gasteiger partial charge in [0.2, 0.25) is 16.0 Å². The molecule has 0 saturated heterocycles. The van der Waals surface area contributed by atoms with Crippen molar-refractivity contribution in [2.24, 2.45) is 7.05 Å². The van der Waals surface area contributed by atoms with Crippen molar-refractivity contribution in [3.05, 3.63) is 48.4 Å². The van der Waals surface area contributed by atoms with Gasteiger partial charge in [-0.25, -0.2) is 22.8 Å². The van der Waals surface area contributed by atoms with Crippen LogP contribution in [0.3, 0.4) is 0 Å². The fourth-order valence-electron chi connectivity index (χ4n) is 3.27. The van der Waals surface area contributed by atoms with Crippen LogP contribution in [0.4, 0.5) is 10.3 Å². The Kier molecular flexibility index (Phi) is 6.59. The standard InChI is InChI=1S/C20H22FN9O4S/c1-12(8-17-22-9-13(21)10-23-17)35(31,32)27-20-26-25-19(14-11-29(2)28-24-14)30(20)18-15(33-3)6-5-7-16(18)34-4/h5-7,9-12H,8H2,1-4H3,(H,26,27). The van der Waals surface area contributed by atoms with Crippen LogP contribution in [-0.4, -0.2) is 67.6 Å². The van der Waals surface area contributed by atoms with Gasteiger partial charge < -0.3 is 9.47 Å². The van der Waals surface area contributed by atoms with Gasteiger partial charge in [0.05, 0.1) is 38.1 Å². The molecule has 0 aliphatic carbocycles. The Morgan fingerprint density at radius 3 is 2.31 bits per heavy atom. The van der Waals surface area contributed by atoms with Gasteiger partial charge >= 0.3 is 0 Å². The molecule has 0 radical (unpaired) electrons. The molecule has 15 heteroatoms. The Bertz CT molecular complexity index is 1420. The summed E-state index contributed by atoms with van der Waals surface area (Å²) in [5.74, 6) is 0.397. The van der Waals surface area contributed by atoms with Crippen molar-refractivity contribution in [3.63, 3.8) is 0 Å². The Balaban J connectivity index is 1.79. The molecule has 0 saturated carbocycles. The van der Waals surface area contributed by atoms with E-state index in [9.17, 15) is 12.8 Å². The molecule has 3 aromatic heterocycles. The quantitative estimate of drug-likeness (QED) is 0.354. The summed E-state index contributed by atoms with van der Waals surface area (Å²) >= 11 is 0. The number of hydrogen-bond donors (Lipinski definition) is 1. The first-order valence-corrected chi connectivity index (χ1v) is 11.8. The van der Waals surface area contributed by atoms with Crippen molar-refractivity contribution >= 4 is 16.0 Å². The van der Waals surface area contributed by atoms with Crippen molar-refractivity contribution in [1.82, 2.24) is 39.7 Å². The molecular formula is C20H22FN9O4S. The van der Waals surface area contributed by atoms with E-state index in [-0.39, 0.29) is 24.0 Å². The number of nitrogens with zero attached hydrogens (tertiary/aromatic N) is 8. The number of aromatic nitrogens is 8. The Morgan fingerprint density at radius 1 is 1.09 bits per heavy atom. The largest absolute Gasteiger partial charge is 0.494 e. The minimum atomic E-state index is -4.02. The second kappa shape index (κ2) is 9.61. The zero-order chi connectivity index (χ0) is 25.2. The SMILES string of the molecule is COc1cccc(OC)c1-n1c(NS(=O)(=O)C(C)Cc2ncc(F)cn2)nnc1-c1cn(C)nn1. The van der Waals surface area contributed by atoms with E-state index in [1.54, 1.807) is 31.4 Å². The fourth-order valence-corrected chi connectivity index (χ4v) is 4.23. The van der Waals surface area contributed by atoms with Crippen molar-refractivity contribution in [2.45, 2.75) is 18.6 Å². The Morgan fingerprint density at radius 2 is 1.74 bits per heavy atom. The van der Waals surface area contributed by atoms with Gasteiger partial charge in [-0.05, 0) is 19.1 Å². The van der Waals surface area contributed by atoms with Gasteiger partial charge in [0.25, 0.3) is 0 Å². The minimum absolute atomic E-state index is 0.0568. The highest BCUT2D eigenvalue weighted by molar-refractivity contribution is 7.93. The number of nitrogens with one attached hydrogen (secondary N) is 1. The van der Waals surface area contributed by atoms with Crippen LogP contribution >= 0.6 is 0 Å². The second-order valence-electron chi connectivity index (χ2n) is 7.45. The second-order valence-corrected chi connectivity index (χ2v) is 9.55. The van der Waals surface area contributed by atoms with Gasteiger partial charge in [-0.2, -0.15) is 0 Å². The molecule has 35 heavy (non-hydrogen) atoms. The lowest BCUT2D eigenvalue weighted by Crippen LogP contribution is -2.29. The summed E-state index contributed by atoms with van der Waals surface area (Å²) in [6.07, 6.45) is 3.51. The lowest BCUT2D eigenvalue weighted by atomic mass is 10.2. The molecule has 4 aromatic rings. The zero-order valence-electron chi connectivity index (χ0n) is 19.2. The maximum atomic E-state index is 13.2. The summed E-state index contributed by atoms with van der Waals surface area (Å²) in [4.78, 5) is 7.67. The molecule has 1 unspecified atom stereocenters. The number of rotatable bonds is 9. The van der Waals surface area contributed by atoms with Gasteiger partial charge in [-0.1, -0.05) is 11.3 Å². The van der Waals surface area contributed by atoms with Crippen molar-refractivity contribution < 1.29 is 22.3 Å². The number of para-hydroxylation sites is 1. The maximum Gasteiger partial charge on any atom is 0.243 e. The molecule has 13 nitrogen and oxygen atoms in total. The van der Waals surface area contributed by atoms with E-state index in [1.807, 2.05) is 0 Å². The minimum Gasteiger partial charge on any atom is -0.494 e. The molecule has 4 rings (SSSR count). The van der Waals surface area contributed by atoms with Gasteiger partial charge in [-0.15, -0.1) is 15.3 Å². The van der Waals surface area contributed by atoms with E-state index >= 15 is 0 Å². The average molecular weight is 504 g/mol. The van der Waals surface area contributed by atoms with Crippen LogP contribution in [0.1, 0.15) is 12.7 Å². The monoisotopic (exact) mass is 503 g/mol. The molecule has 0 bridgehead atoms. The van der Waals surface area contributed by atoms with Crippen molar-refractivity contribution in [3.8, 4) is 28.7 Å². The lowest BCUT2D eigenvalue weighted by Gasteiger charge is -2.18. The summed E-state index contributed by atoms with van der Waals surface area (Å²) in [6, 6.07) is 5.10. The first-order chi connectivity index (χ1) is 16.7. The molecule has 0 aliphatic rings. The number of methoxy groups -OCH3 is 2. The topological polar surface area (TPSA) is 152 Å². The van der Waals surface area contributed by atoms with E-state index < -0.39 is 21.1 Å². The highest BCUT2D eigenvalue weighted by Gasteiger charge is 2.29. The number of ether oxygens (including phenoxy) is 2. The summed E-state index contributed by atoms with van der Waals surface area (Å²) in [6.45, 7) is 1.48. The van der Waals surface area contributed by atoms with Crippen LogP contribution in [0.25, 0.3) is 17.2 Å². The number of anilines is 1. The highest BCUT2D eigenvalue weighted by atomic mass is 32.2. The molecule has 0 aliphatic heterocycles. The molecule has 0 fully saturated rings. The fraction of sp³-hybridized carbons (Fsp3) is 0.300. The number of hydrogen-bond acceptors (Lipinski definition) is 10. The number of halogens is 1. The van der Waals surface area contributed by atoms with Gasteiger partial charge in [0, 0.05) is 13.5 Å². The van der Waals surface area contributed by atoms with Crippen molar-refractivity contribution in [2.75, 3.05) is 18.9 Å².